The number of methoxy groups -OCH3 is 1. The molecule has 1 aromatic heterocycles. The molecular weight excluding hydrogens is 238 g/mol. The molecule has 0 radical (unpaired) electrons. The number of benzene rings is 1. The molecule has 2 rings (SSSR count). The van der Waals surface area contributed by atoms with Crippen LogP contribution in [0.2, 0.25) is 0 Å². The Labute approximate surface area is 114 Å². The number of furan rings is 1. The number of ether oxygens (including phenoxy) is 1. The van der Waals surface area contributed by atoms with Gasteiger partial charge in [-0.1, -0.05) is 20.8 Å². The molecule has 1 heterocycles. The molecule has 0 spiro atoms. The van der Waals surface area contributed by atoms with E-state index in [9.17, 15) is 0 Å². The van der Waals surface area contributed by atoms with Crippen molar-refractivity contribution in [3.63, 3.8) is 0 Å². The fraction of sp³-hybridized carbons (Fsp3) is 0.500. The number of nitrogens with one attached hydrogen (secondary N) is 1. The van der Waals surface area contributed by atoms with Crippen molar-refractivity contribution in [2.24, 2.45) is 0 Å². The highest BCUT2D eigenvalue weighted by molar-refractivity contribution is 5.89. The van der Waals surface area contributed by atoms with Gasteiger partial charge in [0.25, 0.3) is 0 Å². The lowest BCUT2D eigenvalue weighted by Gasteiger charge is -2.19. The fourth-order valence-electron chi connectivity index (χ4n) is 2.61. The Balaban J connectivity index is 2.81. The first-order chi connectivity index (χ1) is 8.88. The van der Waals surface area contributed by atoms with Crippen LogP contribution in [0, 0.1) is 6.92 Å². The van der Waals surface area contributed by atoms with E-state index in [2.05, 4.69) is 39.1 Å². The van der Waals surface area contributed by atoms with Crippen LogP contribution in [0.3, 0.4) is 0 Å². The molecule has 0 aliphatic rings. The van der Waals surface area contributed by atoms with Crippen molar-refractivity contribution in [2.75, 3.05) is 14.2 Å². The van der Waals surface area contributed by atoms with E-state index in [1.165, 1.54) is 11.1 Å². The Morgan fingerprint density at radius 1 is 1.26 bits per heavy atom. The van der Waals surface area contributed by atoms with Crippen LogP contribution in [-0.4, -0.2) is 14.2 Å². The third-order valence-electron chi connectivity index (χ3n) is 3.28. The van der Waals surface area contributed by atoms with Gasteiger partial charge in [0.15, 0.2) is 11.3 Å². The molecule has 0 amide bonds. The minimum atomic E-state index is 0.0379. The summed E-state index contributed by atoms with van der Waals surface area (Å²) in [6.07, 6.45) is 0. The van der Waals surface area contributed by atoms with Gasteiger partial charge in [0.05, 0.1) is 13.7 Å². The summed E-state index contributed by atoms with van der Waals surface area (Å²) in [5.74, 6) is 1.80. The van der Waals surface area contributed by atoms with Crippen molar-refractivity contribution in [3.8, 4) is 5.75 Å². The average Bonchev–Trinajstić information content (AvgIpc) is 2.66. The summed E-state index contributed by atoms with van der Waals surface area (Å²) in [4.78, 5) is 0. The maximum atomic E-state index is 6.06. The number of fused-ring (bicyclic) bond motifs is 1. The minimum Gasteiger partial charge on any atom is -0.493 e. The van der Waals surface area contributed by atoms with Crippen LogP contribution < -0.4 is 10.1 Å². The van der Waals surface area contributed by atoms with Gasteiger partial charge in [0, 0.05) is 10.9 Å². The van der Waals surface area contributed by atoms with Crippen LogP contribution in [0.15, 0.2) is 16.5 Å². The maximum absolute atomic E-state index is 6.06. The van der Waals surface area contributed by atoms with Gasteiger partial charge in [-0.15, -0.1) is 0 Å². The zero-order valence-electron chi connectivity index (χ0n) is 12.7. The molecule has 0 saturated heterocycles. The first kappa shape index (κ1) is 13.9. The van der Waals surface area contributed by atoms with Crippen molar-refractivity contribution in [1.82, 2.24) is 5.32 Å². The maximum Gasteiger partial charge on any atom is 0.176 e. The quantitative estimate of drug-likeness (QED) is 0.913. The Morgan fingerprint density at radius 3 is 2.47 bits per heavy atom. The summed E-state index contributed by atoms with van der Waals surface area (Å²) >= 11 is 0. The lowest BCUT2D eigenvalue weighted by molar-refractivity contribution is 0.405. The standard InChI is InChI=1S/C16H23NO2/c1-10-7-11-14(16(2,3)4)13(9-17-5)19-15(11)12(8-10)18-6/h7-8,17H,9H2,1-6H3. The molecule has 0 fully saturated rings. The smallest absolute Gasteiger partial charge is 0.176 e. The Kier molecular flexibility index (Phi) is 3.59. The van der Waals surface area contributed by atoms with E-state index < -0.39 is 0 Å². The highest BCUT2D eigenvalue weighted by Gasteiger charge is 2.26. The molecular formula is C16H23NO2. The van der Waals surface area contributed by atoms with Crippen LogP contribution in [0.1, 0.15) is 37.7 Å². The van der Waals surface area contributed by atoms with Crippen LogP contribution in [0.5, 0.6) is 5.75 Å². The third-order valence-corrected chi connectivity index (χ3v) is 3.28. The van der Waals surface area contributed by atoms with Crippen LogP contribution in [0.4, 0.5) is 0 Å². The van der Waals surface area contributed by atoms with Gasteiger partial charge in [-0.3, -0.25) is 0 Å². The van der Waals surface area contributed by atoms with Crippen molar-refractivity contribution < 1.29 is 9.15 Å². The van der Waals surface area contributed by atoms with Crippen molar-refractivity contribution in [3.05, 3.63) is 29.0 Å². The number of aryl methyl sites for hydroxylation is 1. The van der Waals surface area contributed by atoms with Gasteiger partial charge in [0.2, 0.25) is 0 Å². The molecule has 0 aliphatic heterocycles. The van der Waals surface area contributed by atoms with Gasteiger partial charge in [0.1, 0.15) is 5.76 Å². The molecule has 0 aliphatic carbocycles. The molecule has 1 aromatic carbocycles. The number of hydrogen-bond donors (Lipinski definition) is 1. The van der Waals surface area contributed by atoms with Crippen LogP contribution in [-0.2, 0) is 12.0 Å². The number of rotatable bonds is 3. The van der Waals surface area contributed by atoms with E-state index in [0.29, 0.717) is 0 Å². The summed E-state index contributed by atoms with van der Waals surface area (Å²) < 4.78 is 11.5. The van der Waals surface area contributed by atoms with E-state index in [4.69, 9.17) is 9.15 Å². The van der Waals surface area contributed by atoms with Gasteiger partial charge >= 0.3 is 0 Å². The molecule has 3 nitrogen and oxygen atoms in total. The van der Waals surface area contributed by atoms with E-state index in [1.807, 2.05) is 13.1 Å². The van der Waals surface area contributed by atoms with E-state index in [0.717, 1.165) is 29.0 Å². The van der Waals surface area contributed by atoms with E-state index in [-0.39, 0.29) is 5.41 Å². The summed E-state index contributed by atoms with van der Waals surface area (Å²) in [6, 6.07) is 4.20. The second-order valence-electron chi connectivity index (χ2n) is 6.02. The summed E-state index contributed by atoms with van der Waals surface area (Å²) in [7, 11) is 3.62. The highest BCUT2D eigenvalue weighted by Crippen LogP contribution is 2.39. The average molecular weight is 261 g/mol. The van der Waals surface area contributed by atoms with Gasteiger partial charge in [-0.2, -0.15) is 0 Å². The summed E-state index contributed by atoms with van der Waals surface area (Å²) in [5, 5.41) is 4.34. The molecule has 3 heteroatoms. The lowest BCUT2D eigenvalue weighted by atomic mass is 9.84. The fourth-order valence-corrected chi connectivity index (χ4v) is 2.61. The SMILES string of the molecule is CNCc1oc2c(OC)cc(C)cc2c1C(C)(C)C. The molecule has 0 atom stereocenters. The van der Waals surface area contributed by atoms with E-state index in [1.54, 1.807) is 7.11 Å². The molecule has 0 saturated carbocycles. The molecule has 0 bridgehead atoms. The first-order valence-electron chi connectivity index (χ1n) is 6.63. The topological polar surface area (TPSA) is 34.4 Å². The zero-order chi connectivity index (χ0) is 14.2. The second-order valence-corrected chi connectivity index (χ2v) is 6.02. The first-order valence-corrected chi connectivity index (χ1v) is 6.63. The molecule has 104 valence electrons. The Morgan fingerprint density at radius 2 is 1.95 bits per heavy atom. The summed E-state index contributed by atoms with van der Waals surface area (Å²) in [6.45, 7) is 9.45. The zero-order valence-corrected chi connectivity index (χ0v) is 12.7. The monoisotopic (exact) mass is 261 g/mol. The largest absolute Gasteiger partial charge is 0.493 e. The summed E-state index contributed by atoms with van der Waals surface area (Å²) in [5.41, 5.74) is 3.34. The third kappa shape index (κ3) is 2.47. The Bertz CT molecular complexity index is 591. The van der Waals surface area contributed by atoms with Crippen LogP contribution >= 0.6 is 0 Å². The van der Waals surface area contributed by atoms with E-state index >= 15 is 0 Å². The lowest BCUT2D eigenvalue weighted by Crippen LogP contribution is -2.15. The van der Waals surface area contributed by atoms with Crippen molar-refractivity contribution >= 4 is 11.0 Å². The Hall–Kier alpha value is -1.48. The molecule has 19 heavy (non-hydrogen) atoms. The normalized spacial score (nSPS) is 12.1. The highest BCUT2D eigenvalue weighted by atomic mass is 16.5. The second kappa shape index (κ2) is 4.89. The molecule has 2 aromatic rings. The minimum absolute atomic E-state index is 0.0379. The van der Waals surface area contributed by atoms with Gasteiger partial charge in [-0.25, -0.2) is 0 Å². The predicted molar refractivity (Wildman–Crippen MR) is 79.0 cm³/mol. The van der Waals surface area contributed by atoms with Gasteiger partial charge in [-0.05, 0) is 37.1 Å². The van der Waals surface area contributed by atoms with Crippen molar-refractivity contribution in [1.29, 1.82) is 0 Å². The predicted octanol–water partition coefficient (Wildman–Crippen LogP) is 3.77. The van der Waals surface area contributed by atoms with Gasteiger partial charge < -0.3 is 14.5 Å². The van der Waals surface area contributed by atoms with Crippen LogP contribution in [0.25, 0.3) is 11.0 Å². The molecule has 1 N–H and O–H groups in total. The number of hydrogen-bond acceptors (Lipinski definition) is 3. The van der Waals surface area contributed by atoms with Crippen molar-refractivity contribution in [2.45, 2.75) is 39.7 Å². The molecule has 0 unspecified atom stereocenters.